The number of carbonyl (C=O) groups is 2. The van der Waals surface area contributed by atoms with E-state index in [4.69, 9.17) is 14.2 Å². The fourth-order valence-corrected chi connectivity index (χ4v) is 6.59. The van der Waals surface area contributed by atoms with Gasteiger partial charge < -0.3 is 23.2 Å². The van der Waals surface area contributed by atoms with Crippen molar-refractivity contribution in [3.63, 3.8) is 0 Å². The van der Waals surface area contributed by atoms with E-state index in [-0.39, 0.29) is 24.4 Å². The predicted octanol–water partition coefficient (Wildman–Crippen LogP) is 7.05. The Morgan fingerprint density at radius 3 is 1.86 bits per heavy atom. The largest absolute Gasteiger partial charge is 0.511 e. The fraction of sp³-hybridized carbons (Fsp3) is 0.429. The summed E-state index contributed by atoms with van der Waals surface area (Å²) in [6.45, 7) is 4.57. The number of carbonyl (C=O) groups excluding carboxylic acids is 2. The Morgan fingerprint density at radius 2 is 1.31 bits per heavy atom. The number of piperidine rings is 1. The smallest absolute Gasteiger partial charge is 0.428 e. The molecule has 0 radical (unpaired) electrons. The molecule has 1 saturated heterocycles. The highest BCUT2D eigenvalue weighted by molar-refractivity contribution is 9.10. The number of nitro groups is 2. The number of nitrogens with zero attached hydrogens (tertiary/aromatic N) is 4. The topological polar surface area (TPSA) is 148 Å². The molecule has 4 rings (SSSR count). The van der Waals surface area contributed by atoms with Crippen molar-refractivity contribution in [1.29, 1.82) is 0 Å². The lowest BCUT2D eigenvalue weighted by Gasteiger charge is -2.41. The average molecular weight is 744 g/mol. The summed E-state index contributed by atoms with van der Waals surface area (Å²) < 4.78 is 17.7. The van der Waals surface area contributed by atoms with Crippen LogP contribution in [0.2, 0.25) is 0 Å². The van der Waals surface area contributed by atoms with Gasteiger partial charge in [-0.25, -0.2) is 4.79 Å². The first-order valence-corrected chi connectivity index (χ1v) is 17.1. The molecule has 14 heteroatoms. The van der Waals surface area contributed by atoms with Crippen LogP contribution in [0.1, 0.15) is 48.8 Å². The monoisotopic (exact) mass is 742 g/mol. The Hall–Kier alpha value is -4.40. The van der Waals surface area contributed by atoms with Crippen molar-refractivity contribution in [2.75, 3.05) is 46.6 Å². The van der Waals surface area contributed by atoms with Crippen LogP contribution in [-0.2, 0) is 38.6 Å². The molecule has 1 aliphatic heterocycles. The number of hydrogen-bond donors (Lipinski definition) is 0. The van der Waals surface area contributed by atoms with Crippen LogP contribution in [0.5, 0.6) is 0 Å². The van der Waals surface area contributed by atoms with Crippen LogP contribution >= 0.6 is 15.9 Å². The van der Waals surface area contributed by atoms with Crippen molar-refractivity contribution in [1.82, 2.24) is 0 Å². The number of nitro benzene ring substituents is 2. The summed E-state index contributed by atoms with van der Waals surface area (Å²) >= 11 is 3.45. The Kier molecular flexibility index (Phi) is 13.6. The summed E-state index contributed by atoms with van der Waals surface area (Å²) in [7, 11) is 2.02. The van der Waals surface area contributed by atoms with Crippen molar-refractivity contribution in [3.05, 3.63) is 114 Å². The van der Waals surface area contributed by atoms with Gasteiger partial charge in [-0.2, -0.15) is 0 Å². The molecule has 0 saturated carbocycles. The summed E-state index contributed by atoms with van der Waals surface area (Å²) in [5, 5.41) is 22.1. The zero-order valence-electron chi connectivity index (χ0n) is 27.7. The maximum atomic E-state index is 12.4. The van der Waals surface area contributed by atoms with Gasteiger partial charge in [-0.3, -0.25) is 25.0 Å². The molecule has 3 aromatic carbocycles. The van der Waals surface area contributed by atoms with Gasteiger partial charge in [0.05, 0.1) is 42.9 Å². The molecule has 0 aromatic heterocycles. The number of quaternary nitrogens is 2. The number of ether oxygens (including phenoxy) is 3. The molecule has 1 fully saturated rings. The second kappa shape index (κ2) is 17.8. The van der Waals surface area contributed by atoms with Crippen LogP contribution in [0, 0.1) is 20.2 Å². The van der Waals surface area contributed by atoms with Gasteiger partial charge in [0.15, 0.2) is 0 Å². The molecule has 0 N–H and O–H groups in total. The highest BCUT2D eigenvalue weighted by atomic mass is 79.9. The van der Waals surface area contributed by atoms with Crippen molar-refractivity contribution in [2.45, 2.75) is 51.7 Å². The van der Waals surface area contributed by atoms with E-state index in [1.807, 2.05) is 31.3 Å². The Morgan fingerprint density at radius 1 is 0.776 bits per heavy atom. The average Bonchev–Trinajstić information content (AvgIpc) is 3.06. The second-order valence-electron chi connectivity index (χ2n) is 12.8. The van der Waals surface area contributed by atoms with Gasteiger partial charge >= 0.3 is 12.1 Å². The van der Waals surface area contributed by atoms with E-state index >= 15 is 0 Å². The van der Waals surface area contributed by atoms with E-state index in [0.29, 0.717) is 30.5 Å². The van der Waals surface area contributed by atoms with E-state index in [9.17, 15) is 29.8 Å². The molecule has 0 spiro atoms. The second-order valence-corrected chi connectivity index (χ2v) is 13.8. The maximum absolute atomic E-state index is 12.4. The van der Waals surface area contributed by atoms with Crippen LogP contribution in [0.4, 0.5) is 16.2 Å². The molecule has 1 aliphatic rings. The van der Waals surface area contributed by atoms with Crippen LogP contribution < -0.4 is 0 Å². The molecule has 0 bridgehead atoms. The standard InChI is InChI=1S/C35H43BrN4O9/c1-39(24-28-7-13-31(36)14-8-28,25-29-9-15-32(16-10-29)37(43)44)22-23-47-35(42)49-27-48-34(41)6-5-21-40(19-3-2-4-20-40)26-30-11-17-33(18-12-30)38(45)46/h7-18H,2-6,19-27H2,1H3/q+2. The maximum Gasteiger partial charge on any atom is 0.511 e. The molecule has 1 heterocycles. The first-order chi connectivity index (χ1) is 23.4. The lowest BCUT2D eigenvalue weighted by molar-refractivity contribution is -0.945. The first-order valence-electron chi connectivity index (χ1n) is 16.3. The van der Waals surface area contributed by atoms with Gasteiger partial charge in [-0.05, 0) is 55.7 Å². The number of benzene rings is 3. The van der Waals surface area contributed by atoms with Crippen molar-refractivity contribution in [2.24, 2.45) is 0 Å². The van der Waals surface area contributed by atoms with Gasteiger partial charge in [-0.1, -0.05) is 28.1 Å². The lowest BCUT2D eigenvalue weighted by Crippen LogP contribution is -2.51. The van der Waals surface area contributed by atoms with E-state index < -0.39 is 28.8 Å². The first kappa shape index (κ1) is 37.4. The molecule has 1 atom stereocenters. The third-order valence-corrected chi connectivity index (χ3v) is 9.41. The Balaban J connectivity index is 1.20. The Bertz CT molecular complexity index is 1560. The molecule has 3 aromatic rings. The molecule has 1 unspecified atom stereocenters. The van der Waals surface area contributed by atoms with Gasteiger partial charge in [0, 0.05) is 51.8 Å². The molecule has 0 aliphatic carbocycles. The number of non-ortho nitro benzene ring substituents is 2. The van der Waals surface area contributed by atoms with Gasteiger partial charge in [0.1, 0.15) is 32.8 Å². The third kappa shape index (κ3) is 12.2. The molecule has 13 nitrogen and oxygen atoms in total. The minimum absolute atomic E-state index is 0.0182. The number of halogens is 1. The number of likely N-dealkylation sites (N-methyl/N-ethyl adjacent to an activating group) is 1. The molecule has 49 heavy (non-hydrogen) atoms. The number of rotatable bonds is 17. The van der Waals surface area contributed by atoms with E-state index in [2.05, 4.69) is 15.9 Å². The normalized spacial score (nSPS) is 15.1. The minimum atomic E-state index is -0.945. The van der Waals surface area contributed by atoms with Crippen LogP contribution in [-0.4, -0.2) is 77.6 Å². The van der Waals surface area contributed by atoms with Gasteiger partial charge in [0.2, 0.25) is 6.79 Å². The summed E-state index contributed by atoms with van der Waals surface area (Å²) in [5.41, 5.74) is 3.09. The quantitative estimate of drug-likeness (QED) is 0.0467. The van der Waals surface area contributed by atoms with E-state index in [1.54, 1.807) is 24.3 Å². The summed E-state index contributed by atoms with van der Waals surface area (Å²) in [6.07, 6.45) is 3.17. The minimum Gasteiger partial charge on any atom is -0.428 e. The van der Waals surface area contributed by atoms with Crippen LogP contribution in [0.15, 0.2) is 77.3 Å². The number of esters is 1. The highest BCUT2D eigenvalue weighted by Crippen LogP contribution is 2.25. The fourth-order valence-electron chi connectivity index (χ4n) is 6.33. The van der Waals surface area contributed by atoms with Gasteiger partial charge in [-0.15, -0.1) is 0 Å². The van der Waals surface area contributed by atoms with E-state index in [0.717, 1.165) is 64.7 Å². The third-order valence-electron chi connectivity index (χ3n) is 8.88. The van der Waals surface area contributed by atoms with Crippen LogP contribution in [0.25, 0.3) is 0 Å². The summed E-state index contributed by atoms with van der Waals surface area (Å²) in [6, 6.07) is 21.0. The molecular weight excluding hydrogens is 700 g/mol. The van der Waals surface area contributed by atoms with Crippen molar-refractivity contribution in [3.8, 4) is 0 Å². The van der Waals surface area contributed by atoms with Crippen molar-refractivity contribution < 1.29 is 42.6 Å². The SMILES string of the molecule is C[N+](CCOC(=O)OCOC(=O)CCC[N+]1(Cc2ccc([N+](=O)[O-])cc2)CCCCC1)(Cc1ccc(Br)cc1)Cc1ccc([N+](=O)[O-])cc1. The zero-order valence-corrected chi connectivity index (χ0v) is 29.3. The summed E-state index contributed by atoms with van der Waals surface area (Å²) in [5.74, 6) is -0.472. The molecular formula is C35H43BrN4O9+2. The van der Waals surface area contributed by atoms with Crippen molar-refractivity contribution >= 4 is 39.4 Å². The highest BCUT2D eigenvalue weighted by Gasteiger charge is 2.30. The predicted molar refractivity (Wildman–Crippen MR) is 184 cm³/mol. The number of hydrogen-bond acceptors (Lipinski definition) is 9. The summed E-state index contributed by atoms with van der Waals surface area (Å²) in [4.78, 5) is 46.0. The molecule has 0 amide bonds. The van der Waals surface area contributed by atoms with E-state index in [1.165, 1.54) is 30.7 Å². The number of likely N-dealkylation sites (tertiary alicyclic amines) is 1. The van der Waals surface area contributed by atoms with Gasteiger partial charge in [0.25, 0.3) is 11.4 Å². The lowest BCUT2D eigenvalue weighted by atomic mass is 10.0. The zero-order chi connectivity index (χ0) is 35.3. The molecule has 262 valence electrons. The Labute approximate surface area is 294 Å². The van der Waals surface area contributed by atoms with Crippen LogP contribution in [0.3, 0.4) is 0 Å².